The van der Waals surface area contributed by atoms with Crippen LogP contribution in [0.4, 0.5) is 4.39 Å². The molecule has 1 aromatic carbocycles. The number of aryl methyl sites for hydroxylation is 1. The summed E-state index contributed by atoms with van der Waals surface area (Å²) in [6.45, 7) is 2.01. The number of nitrogens with zero attached hydrogens (tertiary/aromatic N) is 1. The van der Waals surface area contributed by atoms with Gasteiger partial charge >= 0.3 is 0 Å². The molecule has 2 rings (SSSR count). The Morgan fingerprint density at radius 2 is 2.21 bits per heavy atom. The van der Waals surface area contributed by atoms with Gasteiger partial charge in [-0.05, 0) is 47.2 Å². The molecule has 0 aliphatic rings. The van der Waals surface area contributed by atoms with E-state index in [0.717, 1.165) is 12.1 Å². The highest BCUT2D eigenvalue weighted by Crippen LogP contribution is 2.22. The number of halogens is 3. The van der Waals surface area contributed by atoms with Crippen molar-refractivity contribution >= 4 is 34.2 Å². The molecule has 0 fully saturated rings. The first-order valence-electron chi connectivity index (χ1n) is 5.77. The third-order valence-electron chi connectivity index (χ3n) is 2.61. The minimum absolute atomic E-state index is 0.0467. The van der Waals surface area contributed by atoms with E-state index in [9.17, 15) is 9.18 Å². The van der Waals surface area contributed by atoms with E-state index in [1.165, 1.54) is 12.1 Å². The van der Waals surface area contributed by atoms with Crippen LogP contribution in [-0.4, -0.2) is 9.97 Å². The monoisotopic (exact) mass is 392 g/mol. The fraction of sp³-hybridized carbons (Fsp3) is 0.231. The van der Waals surface area contributed by atoms with Crippen LogP contribution in [0.2, 0.25) is 5.02 Å². The number of hydrogen-bond acceptors (Lipinski definition) is 2. The third kappa shape index (κ3) is 3.14. The quantitative estimate of drug-likeness (QED) is 0.808. The zero-order valence-corrected chi connectivity index (χ0v) is 13.0. The molecule has 100 valence electrons. The zero-order chi connectivity index (χ0) is 14.0. The second-order valence-electron chi connectivity index (χ2n) is 4.05. The average Bonchev–Trinajstić information content (AvgIpc) is 2.38. The molecule has 3 nitrogen and oxygen atoms in total. The lowest BCUT2D eigenvalue weighted by molar-refractivity contribution is 0.628. The minimum atomic E-state index is -0.530. The van der Waals surface area contributed by atoms with Crippen LogP contribution in [-0.2, 0) is 6.42 Å². The summed E-state index contributed by atoms with van der Waals surface area (Å²) >= 11 is 7.61. The van der Waals surface area contributed by atoms with Crippen molar-refractivity contribution in [2.24, 2.45) is 0 Å². The maximum absolute atomic E-state index is 13.4. The molecule has 0 atom stereocenters. The van der Waals surface area contributed by atoms with Crippen molar-refractivity contribution in [1.29, 1.82) is 0 Å². The van der Waals surface area contributed by atoms with Gasteiger partial charge in [0.1, 0.15) is 11.6 Å². The van der Waals surface area contributed by atoms with Gasteiger partial charge in [-0.1, -0.05) is 24.9 Å². The largest absolute Gasteiger partial charge is 0.306 e. The van der Waals surface area contributed by atoms with E-state index < -0.39 is 5.82 Å². The van der Waals surface area contributed by atoms with E-state index in [-0.39, 0.29) is 10.6 Å². The van der Waals surface area contributed by atoms with E-state index in [0.29, 0.717) is 21.4 Å². The van der Waals surface area contributed by atoms with Crippen LogP contribution in [0.15, 0.2) is 23.0 Å². The van der Waals surface area contributed by atoms with Crippen molar-refractivity contribution in [2.45, 2.75) is 19.8 Å². The minimum Gasteiger partial charge on any atom is -0.306 e. The fourth-order valence-corrected chi connectivity index (χ4v) is 2.33. The van der Waals surface area contributed by atoms with Gasteiger partial charge in [0, 0.05) is 5.56 Å². The highest BCUT2D eigenvalue weighted by Gasteiger charge is 2.11. The second kappa shape index (κ2) is 6.00. The van der Waals surface area contributed by atoms with Gasteiger partial charge < -0.3 is 4.98 Å². The lowest BCUT2D eigenvalue weighted by Crippen LogP contribution is -2.16. The summed E-state index contributed by atoms with van der Waals surface area (Å²) in [6.07, 6.45) is 1.60. The van der Waals surface area contributed by atoms with E-state index >= 15 is 0 Å². The highest BCUT2D eigenvalue weighted by atomic mass is 127. The molecule has 6 heteroatoms. The van der Waals surface area contributed by atoms with Crippen molar-refractivity contribution in [3.05, 3.63) is 48.7 Å². The van der Waals surface area contributed by atoms with Crippen LogP contribution in [0.25, 0.3) is 11.4 Å². The van der Waals surface area contributed by atoms with E-state index in [2.05, 4.69) is 9.97 Å². The molecule has 0 saturated carbocycles. The molecule has 0 amide bonds. The predicted molar refractivity (Wildman–Crippen MR) is 82.0 cm³/mol. The van der Waals surface area contributed by atoms with Gasteiger partial charge in [-0.3, -0.25) is 4.79 Å². The molecule has 19 heavy (non-hydrogen) atoms. The van der Waals surface area contributed by atoms with Crippen molar-refractivity contribution < 1.29 is 4.39 Å². The summed E-state index contributed by atoms with van der Waals surface area (Å²) in [6, 6.07) is 4.35. The van der Waals surface area contributed by atoms with Crippen molar-refractivity contribution in [3.8, 4) is 11.4 Å². The molecule has 0 radical (unpaired) electrons. The third-order valence-corrected chi connectivity index (χ3v) is 4.03. The molecule has 0 saturated heterocycles. The molecule has 1 heterocycles. The van der Waals surface area contributed by atoms with E-state index in [1.54, 1.807) is 6.07 Å². The Kier molecular flexibility index (Phi) is 4.57. The summed E-state index contributed by atoms with van der Waals surface area (Å²) < 4.78 is 14.0. The average molecular weight is 393 g/mol. The second-order valence-corrected chi connectivity index (χ2v) is 5.54. The summed E-state index contributed by atoms with van der Waals surface area (Å²) in [5.41, 5.74) is 1.04. The molecule has 1 N–H and O–H groups in total. The topological polar surface area (TPSA) is 45.8 Å². The highest BCUT2D eigenvalue weighted by molar-refractivity contribution is 14.1. The molecular weight excluding hydrogens is 382 g/mol. The molecule has 0 aliphatic heterocycles. The number of aromatic nitrogens is 2. The number of hydrogen-bond donors (Lipinski definition) is 1. The Balaban J connectivity index is 2.56. The summed E-state index contributed by atoms with van der Waals surface area (Å²) in [7, 11) is 0. The Labute approximate surface area is 128 Å². The first kappa shape index (κ1) is 14.5. The summed E-state index contributed by atoms with van der Waals surface area (Å²) in [5, 5.41) is 0.0467. The standard InChI is InChI=1S/C13H11ClFIN2O/c1-2-3-10-11(16)13(19)18-12(17-10)7-4-5-8(14)9(15)6-7/h4-6H,2-3H2,1H3,(H,17,18,19). The zero-order valence-electron chi connectivity index (χ0n) is 10.1. The molecule has 0 unspecified atom stereocenters. The van der Waals surface area contributed by atoms with Gasteiger partial charge in [0.25, 0.3) is 5.56 Å². The lowest BCUT2D eigenvalue weighted by atomic mass is 10.2. The molecular formula is C13H11ClFIN2O. The van der Waals surface area contributed by atoms with Crippen LogP contribution in [0.5, 0.6) is 0 Å². The lowest BCUT2D eigenvalue weighted by Gasteiger charge is -2.06. The SMILES string of the molecule is CCCc1nc(-c2ccc(Cl)c(F)c2)[nH]c(=O)c1I. The fourth-order valence-electron chi connectivity index (χ4n) is 1.69. The first-order valence-corrected chi connectivity index (χ1v) is 7.22. The smallest absolute Gasteiger partial charge is 0.264 e. The molecule has 0 bridgehead atoms. The van der Waals surface area contributed by atoms with Gasteiger partial charge in [0.05, 0.1) is 14.3 Å². The number of rotatable bonds is 3. The van der Waals surface area contributed by atoms with Gasteiger partial charge in [-0.2, -0.15) is 0 Å². The number of nitrogens with one attached hydrogen (secondary N) is 1. The summed E-state index contributed by atoms with van der Waals surface area (Å²) in [4.78, 5) is 18.9. The van der Waals surface area contributed by atoms with Gasteiger partial charge in [-0.15, -0.1) is 0 Å². The van der Waals surface area contributed by atoms with Gasteiger partial charge in [0.2, 0.25) is 0 Å². The Morgan fingerprint density at radius 3 is 2.84 bits per heavy atom. The van der Waals surface area contributed by atoms with Gasteiger partial charge in [0.15, 0.2) is 0 Å². The molecule has 2 aromatic rings. The van der Waals surface area contributed by atoms with E-state index in [1.807, 2.05) is 29.5 Å². The van der Waals surface area contributed by atoms with Crippen molar-refractivity contribution in [3.63, 3.8) is 0 Å². The number of benzene rings is 1. The van der Waals surface area contributed by atoms with Crippen LogP contribution >= 0.6 is 34.2 Å². The first-order chi connectivity index (χ1) is 9.02. The predicted octanol–water partition coefficient (Wildman–Crippen LogP) is 3.79. The van der Waals surface area contributed by atoms with Gasteiger partial charge in [-0.25, -0.2) is 9.37 Å². The van der Waals surface area contributed by atoms with Crippen LogP contribution in [0.1, 0.15) is 19.0 Å². The number of H-pyrrole nitrogens is 1. The molecule has 0 aliphatic carbocycles. The van der Waals surface area contributed by atoms with E-state index in [4.69, 9.17) is 11.6 Å². The van der Waals surface area contributed by atoms with Crippen LogP contribution < -0.4 is 5.56 Å². The maximum Gasteiger partial charge on any atom is 0.264 e. The Hall–Kier alpha value is -0.950. The summed E-state index contributed by atoms with van der Waals surface area (Å²) in [5.74, 6) is -0.165. The Bertz CT molecular complexity index is 672. The Morgan fingerprint density at radius 1 is 1.47 bits per heavy atom. The van der Waals surface area contributed by atoms with Crippen LogP contribution in [0, 0.1) is 9.39 Å². The maximum atomic E-state index is 13.4. The number of aromatic amines is 1. The normalized spacial score (nSPS) is 10.7. The van der Waals surface area contributed by atoms with Crippen molar-refractivity contribution in [2.75, 3.05) is 0 Å². The van der Waals surface area contributed by atoms with Crippen LogP contribution in [0.3, 0.4) is 0 Å². The molecule has 1 aromatic heterocycles. The molecule has 0 spiro atoms. The van der Waals surface area contributed by atoms with Crippen molar-refractivity contribution in [1.82, 2.24) is 9.97 Å².